The molecule has 102 valence electrons. The van der Waals surface area contributed by atoms with Gasteiger partial charge in [-0.25, -0.2) is 8.78 Å². The average molecular weight is 289 g/mol. The number of hydrogen-bond donors (Lipinski definition) is 0. The van der Waals surface area contributed by atoms with Gasteiger partial charge in [0.2, 0.25) is 0 Å². The molecule has 1 nitrogen and oxygen atoms in total. The molecule has 0 fully saturated rings. The van der Waals surface area contributed by atoms with Gasteiger partial charge in [0, 0.05) is 5.75 Å². The highest BCUT2D eigenvalue weighted by Crippen LogP contribution is 2.29. The largest absolute Gasteiger partial charge is 0.206 e. The van der Waals surface area contributed by atoms with Gasteiger partial charge >= 0.3 is 0 Å². The summed E-state index contributed by atoms with van der Waals surface area (Å²) in [6.45, 7) is 3.98. The van der Waals surface area contributed by atoms with Crippen LogP contribution in [0.5, 0.6) is 0 Å². The monoisotopic (exact) mass is 289 g/mol. The maximum Gasteiger partial charge on any atom is 0.141 e. The number of benzene rings is 2. The molecular weight excluding hydrogens is 276 g/mol. The van der Waals surface area contributed by atoms with E-state index in [1.165, 1.54) is 0 Å². The van der Waals surface area contributed by atoms with Gasteiger partial charge in [0.1, 0.15) is 11.6 Å². The summed E-state index contributed by atoms with van der Waals surface area (Å²) in [6.07, 6.45) is 0. The molecule has 0 bridgehead atoms. The fraction of sp³-hybridized carbons (Fsp3) is 0.188. The van der Waals surface area contributed by atoms with E-state index in [0.717, 1.165) is 40.6 Å². The maximum absolute atomic E-state index is 13.7. The highest BCUT2D eigenvalue weighted by Gasteiger charge is 2.12. The van der Waals surface area contributed by atoms with Crippen LogP contribution in [0.4, 0.5) is 8.78 Å². The van der Waals surface area contributed by atoms with Gasteiger partial charge in [-0.15, -0.1) is 11.8 Å². The van der Waals surface area contributed by atoms with E-state index < -0.39 is 11.6 Å². The first-order valence-electron chi connectivity index (χ1n) is 6.08. The summed E-state index contributed by atoms with van der Waals surface area (Å²) in [5.74, 6) is -0.880. The molecule has 0 atom stereocenters. The molecule has 0 saturated heterocycles. The second kappa shape index (κ2) is 6.06. The molecule has 2 aromatic rings. The molecule has 0 unspecified atom stereocenters. The predicted molar refractivity (Wildman–Crippen MR) is 76.6 cm³/mol. The summed E-state index contributed by atoms with van der Waals surface area (Å²) in [5.41, 5.74) is 3.27. The molecule has 2 rings (SSSR count). The molecule has 2 aromatic carbocycles. The lowest BCUT2D eigenvalue weighted by atomic mass is 10.1. The smallest absolute Gasteiger partial charge is 0.141 e. The quantitative estimate of drug-likeness (QED) is 0.762. The maximum atomic E-state index is 13.7. The number of halogens is 2. The van der Waals surface area contributed by atoms with E-state index in [4.69, 9.17) is 5.26 Å². The zero-order valence-corrected chi connectivity index (χ0v) is 12.0. The predicted octanol–water partition coefficient (Wildman–Crippen LogP) is 4.75. The Hall–Kier alpha value is -1.86. The Morgan fingerprint density at radius 2 is 1.55 bits per heavy atom. The number of nitriles is 1. The number of rotatable bonds is 3. The minimum atomic E-state index is -0.684. The van der Waals surface area contributed by atoms with Crippen molar-refractivity contribution in [3.8, 4) is 6.07 Å². The van der Waals surface area contributed by atoms with Crippen LogP contribution < -0.4 is 0 Å². The molecule has 0 saturated carbocycles. The normalized spacial score (nSPS) is 10.3. The van der Waals surface area contributed by atoms with Gasteiger partial charge in [-0.3, -0.25) is 0 Å². The van der Waals surface area contributed by atoms with Crippen LogP contribution in [0.25, 0.3) is 0 Å². The highest BCUT2D eigenvalue weighted by molar-refractivity contribution is 7.98. The van der Waals surface area contributed by atoms with Crippen LogP contribution >= 0.6 is 11.8 Å². The summed E-state index contributed by atoms with van der Waals surface area (Å²) in [6, 6.07) is 9.91. The van der Waals surface area contributed by atoms with Crippen LogP contribution in [0.3, 0.4) is 0 Å². The van der Waals surface area contributed by atoms with Crippen molar-refractivity contribution in [3.63, 3.8) is 0 Å². The van der Waals surface area contributed by atoms with Crippen LogP contribution in [0.15, 0.2) is 35.2 Å². The minimum Gasteiger partial charge on any atom is -0.206 e. The highest BCUT2D eigenvalue weighted by atomic mass is 32.2. The Kier molecular flexibility index (Phi) is 4.41. The van der Waals surface area contributed by atoms with Crippen molar-refractivity contribution in [1.29, 1.82) is 5.26 Å². The molecule has 4 heteroatoms. The third-order valence-corrected chi connectivity index (χ3v) is 3.95. The molecule has 0 aliphatic carbocycles. The lowest BCUT2D eigenvalue weighted by Crippen LogP contribution is -1.92. The van der Waals surface area contributed by atoms with Gasteiger partial charge < -0.3 is 0 Å². The van der Waals surface area contributed by atoms with Crippen LogP contribution in [0.1, 0.15) is 22.3 Å². The van der Waals surface area contributed by atoms with Gasteiger partial charge in [0.05, 0.1) is 16.5 Å². The van der Waals surface area contributed by atoms with Crippen molar-refractivity contribution in [3.05, 3.63) is 64.2 Å². The first-order valence-corrected chi connectivity index (χ1v) is 7.07. The molecule has 0 radical (unpaired) electrons. The molecule has 0 heterocycles. The van der Waals surface area contributed by atoms with Crippen molar-refractivity contribution in [1.82, 2.24) is 0 Å². The Morgan fingerprint density at radius 3 is 2.05 bits per heavy atom. The van der Waals surface area contributed by atoms with Crippen molar-refractivity contribution < 1.29 is 8.78 Å². The van der Waals surface area contributed by atoms with Gasteiger partial charge in [0.25, 0.3) is 0 Å². The average Bonchev–Trinajstić information content (AvgIpc) is 2.36. The minimum absolute atomic E-state index is 0.00394. The van der Waals surface area contributed by atoms with Crippen molar-refractivity contribution in [2.24, 2.45) is 0 Å². The van der Waals surface area contributed by atoms with E-state index in [2.05, 4.69) is 6.07 Å². The number of nitrogens with zero attached hydrogens (tertiary/aromatic N) is 1. The van der Waals surface area contributed by atoms with E-state index in [1.807, 2.05) is 26.0 Å². The molecule has 0 amide bonds. The Bertz CT molecular complexity index is 646. The van der Waals surface area contributed by atoms with Crippen molar-refractivity contribution in [2.45, 2.75) is 24.5 Å². The zero-order valence-electron chi connectivity index (χ0n) is 11.2. The standard InChI is InChI=1S/C16H13F2NS/c1-10-3-11(2)5-13(4-10)9-20-16-14(17)6-12(8-19)7-15(16)18/h3-7H,9H2,1-2H3. The first kappa shape index (κ1) is 14.5. The number of hydrogen-bond acceptors (Lipinski definition) is 2. The second-order valence-electron chi connectivity index (χ2n) is 4.67. The Balaban J connectivity index is 2.21. The molecule has 0 aliphatic heterocycles. The molecule has 0 aromatic heterocycles. The van der Waals surface area contributed by atoms with E-state index in [-0.39, 0.29) is 10.5 Å². The fourth-order valence-corrected chi connectivity index (χ4v) is 2.94. The Labute approximate surface area is 121 Å². The van der Waals surface area contributed by atoms with E-state index in [1.54, 1.807) is 6.07 Å². The molecule has 0 aliphatic rings. The summed E-state index contributed by atoms with van der Waals surface area (Å²) < 4.78 is 27.5. The van der Waals surface area contributed by atoms with Gasteiger partial charge in [-0.05, 0) is 31.5 Å². The van der Waals surface area contributed by atoms with E-state index in [0.29, 0.717) is 5.75 Å². The third kappa shape index (κ3) is 3.37. The summed E-state index contributed by atoms with van der Waals surface area (Å²) in [4.78, 5) is -0.0387. The fourth-order valence-electron chi connectivity index (χ4n) is 2.07. The van der Waals surface area contributed by atoms with Crippen LogP contribution in [0.2, 0.25) is 0 Å². The first-order chi connectivity index (χ1) is 9.49. The van der Waals surface area contributed by atoms with Gasteiger partial charge in [0.15, 0.2) is 0 Å². The van der Waals surface area contributed by atoms with Crippen molar-refractivity contribution in [2.75, 3.05) is 0 Å². The summed E-state index contributed by atoms with van der Waals surface area (Å²) >= 11 is 1.10. The van der Waals surface area contributed by atoms with E-state index >= 15 is 0 Å². The number of thioether (sulfide) groups is 1. The van der Waals surface area contributed by atoms with Crippen LogP contribution in [0, 0.1) is 36.8 Å². The SMILES string of the molecule is Cc1cc(C)cc(CSc2c(F)cc(C#N)cc2F)c1. The van der Waals surface area contributed by atoms with Gasteiger partial charge in [-0.2, -0.15) is 5.26 Å². The molecule has 0 N–H and O–H groups in total. The van der Waals surface area contributed by atoms with Crippen LogP contribution in [-0.4, -0.2) is 0 Å². The zero-order chi connectivity index (χ0) is 14.7. The van der Waals surface area contributed by atoms with E-state index in [9.17, 15) is 8.78 Å². The lowest BCUT2D eigenvalue weighted by Gasteiger charge is -2.07. The van der Waals surface area contributed by atoms with Crippen molar-refractivity contribution >= 4 is 11.8 Å². The molecular formula is C16H13F2NS. The second-order valence-corrected chi connectivity index (χ2v) is 5.65. The summed E-state index contributed by atoms with van der Waals surface area (Å²) in [7, 11) is 0. The molecule has 0 spiro atoms. The third-order valence-electron chi connectivity index (χ3n) is 2.79. The summed E-state index contributed by atoms with van der Waals surface area (Å²) in [5, 5.41) is 8.66. The van der Waals surface area contributed by atoms with Gasteiger partial charge in [-0.1, -0.05) is 29.3 Å². The number of aryl methyl sites for hydroxylation is 2. The lowest BCUT2D eigenvalue weighted by molar-refractivity contribution is 0.540. The molecule has 20 heavy (non-hydrogen) atoms. The topological polar surface area (TPSA) is 23.8 Å². The van der Waals surface area contributed by atoms with Crippen LogP contribution in [-0.2, 0) is 5.75 Å². The Morgan fingerprint density at radius 1 is 1.00 bits per heavy atom.